The number of benzene rings is 1. The lowest BCUT2D eigenvalue weighted by atomic mass is 9.63. The van der Waals surface area contributed by atoms with Gasteiger partial charge in [0.2, 0.25) is 0 Å². The number of aromatic hydroxyl groups is 1. The van der Waals surface area contributed by atoms with E-state index in [4.69, 9.17) is 4.74 Å². The first kappa shape index (κ1) is 16.7. The van der Waals surface area contributed by atoms with Crippen molar-refractivity contribution in [2.75, 3.05) is 6.54 Å². The SMILES string of the molecule is CCCCNC(=O)C1(C)Oc2ccc(O)cc2C(C)C1(C)C. The van der Waals surface area contributed by atoms with Gasteiger partial charge >= 0.3 is 0 Å². The molecule has 2 N–H and O–H groups in total. The number of phenolic OH excluding ortho intramolecular Hbond substituents is 1. The lowest BCUT2D eigenvalue weighted by Gasteiger charge is -2.50. The van der Waals surface area contributed by atoms with Gasteiger partial charge in [-0.15, -0.1) is 0 Å². The number of hydrogen-bond donors (Lipinski definition) is 2. The molecule has 0 spiro atoms. The van der Waals surface area contributed by atoms with Crippen LogP contribution in [0.5, 0.6) is 11.5 Å². The molecular weight excluding hydrogens is 278 g/mol. The molecule has 1 aromatic rings. The van der Waals surface area contributed by atoms with E-state index in [1.54, 1.807) is 18.2 Å². The second kappa shape index (κ2) is 5.82. The van der Waals surface area contributed by atoms with E-state index in [0.29, 0.717) is 12.3 Å². The zero-order valence-electron chi connectivity index (χ0n) is 14.2. The first-order valence-electron chi connectivity index (χ1n) is 8.04. The molecule has 122 valence electrons. The summed E-state index contributed by atoms with van der Waals surface area (Å²) in [6.45, 7) is 10.8. The van der Waals surface area contributed by atoms with E-state index in [-0.39, 0.29) is 17.6 Å². The van der Waals surface area contributed by atoms with E-state index in [2.05, 4.69) is 19.2 Å². The van der Waals surface area contributed by atoms with Crippen LogP contribution in [0.2, 0.25) is 0 Å². The highest BCUT2D eigenvalue weighted by molar-refractivity contribution is 5.87. The highest BCUT2D eigenvalue weighted by atomic mass is 16.5. The van der Waals surface area contributed by atoms with Crippen LogP contribution in [0.1, 0.15) is 58.9 Å². The van der Waals surface area contributed by atoms with Gasteiger partial charge in [0, 0.05) is 17.5 Å². The molecule has 0 bridgehead atoms. The number of carbonyl (C=O) groups is 1. The second-order valence-electron chi connectivity index (χ2n) is 6.91. The van der Waals surface area contributed by atoms with Crippen LogP contribution in [0.25, 0.3) is 0 Å². The standard InChI is InChI=1S/C18H27NO3/c1-6-7-10-19-16(21)18(5)17(3,4)12(2)14-11-13(20)8-9-15(14)22-18/h8-9,11-12,20H,6-7,10H2,1-5H3,(H,19,21). The molecule has 2 atom stereocenters. The van der Waals surface area contributed by atoms with Gasteiger partial charge in [0.25, 0.3) is 5.91 Å². The Morgan fingerprint density at radius 2 is 2.05 bits per heavy atom. The predicted molar refractivity (Wildman–Crippen MR) is 87.3 cm³/mol. The molecule has 1 heterocycles. The third-order valence-corrected chi connectivity index (χ3v) is 5.34. The minimum Gasteiger partial charge on any atom is -0.508 e. The van der Waals surface area contributed by atoms with Crippen molar-refractivity contribution in [1.29, 1.82) is 0 Å². The third-order valence-electron chi connectivity index (χ3n) is 5.34. The van der Waals surface area contributed by atoms with E-state index in [0.717, 1.165) is 18.4 Å². The molecular formula is C18H27NO3. The maximum atomic E-state index is 12.7. The van der Waals surface area contributed by atoms with E-state index in [1.165, 1.54) is 0 Å². The fraction of sp³-hybridized carbons (Fsp3) is 0.611. The molecule has 22 heavy (non-hydrogen) atoms. The highest BCUT2D eigenvalue weighted by Crippen LogP contribution is 2.53. The van der Waals surface area contributed by atoms with Crippen molar-refractivity contribution in [3.63, 3.8) is 0 Å². The first-order chi connectivity index (χ1) is 10.2. The molecule has 1 amide bonds. The molecule has 4 nitrogen and oxygen atoms in total. The van der Waals surface area contributed by atoms with Crippen LogP contribution < -0.4 is 10.1 Å². The van der Waals surface area contributed by atoms with Crippen molar-refractivity contribution in [2.45, 2.75) is 59.0 Å². The van der Waals surface area contributed by atoms with Crippen LogP contribution in [0.3, 0.4) is 0 Å². The highest BCUT2D eigenvalue weighted by Gasteiger charge is 2.56. The van der Waals surface area contributed by atoms with E-state index in [9.17, 15) is 9.90 Å². The summed E-state index contributed by atoms with van der Waals surface area (Å²) in [7, 11) is 0. The summed E-state index contributed by atoms with van der Waals surface area (Å²) in [4.78, 5) is 12.7. The van der Waals surface area contributed by atoms with Gasteiger partial charge in [0.15, 0.2) is 5.60 Å². The molecule has 1 aliphatic rings. The van der Waals surface area contributed by atoms with Gasteiger partial charge in [0.05, 0.1) is 0 Å². The topological polar surface area (TPSA) is 58.6 Å². The lowest BCUT2D eigenvalue weighted by molar-refractivity contribution is -0.150. The maximum absolute atomic E-state index is 12.7. The minimum absolute atomic E-state index is 0.0727. The van der Waals surface area contributed by atoms with Gasteiger partial charge in [-0.25, -0.2) is 0 Å². The summed E-state index contributed by atoms with van der Waals surface area (Å²) in [5.41, 5.74) is -0.391. The summed E-state index contributed by atoms with van der Waals surface area (Å²) in [5.74, 6) is 0.917. The second-order valence-corrected chi connectivity index (χ2v) is 6.91. The largest absolute Gasteiger partial charge is 0.508 e. The van der Waals surface area contributed by atoms with Gasteiger partial charge in [-0.3, -0.25) is 4.79 Å². The Labute approximate surface area is 132 Å². The predicted octanol–water partition coefficient (Wildman–Crippen LogP) is 3.59. The molecule has 2 unspecified atom stereocenters. The van der Waals surface area contributed by atoms with Crippen LogP contribution in [-0.4, -0.2) is 23.2 Å². The monoisotopic (exact) mass is 305 g/mol. The van der Waals surface area contributed by atoms with E-state index in [1.807, 2.05) is 20.8 Å². The van der Waals surface area contributed by atoms with Crippen LogP contribution in [0, 0.1) is 5.41 Å². The van der Waals surface area contributed by atoms with E-state index < -0.39 is 11.0 Å². The number of hydrogen-bond acceptors (Lipinski definition) is 3. The zero-order chi connectivity index (χ0) is 16.5. The maximum Gasteiger partial charge on any atom is 0.264 e. The van der Waals surface area contributed by atoms with Gasteiger partial charge in [-0.05, 0) is 37.5 Å². The lowest BCUT2D eigenvalue weighted by Crippen LogP contribution is -2.61. The Bertz CT molecular complexity index is 567. The molecule has 1 aliphatic heterocycles. The van der Waals surface area contributed by atoms with Crippen molar-refractivity contribution in [3.05, 3.63) is 23.8 Å². The molecule has 0 aliphatic carbocycles. The molecule has 0 saturated carbocycles. The Kier molecular flexibility index (Phi) is 4.41. The normalized spacial score (nSPS) is 26.0. The number of nitrogens with one attached hydrogen (secondary N) is 1. The average molecular weight is 305 g/mol. The minimum atomic E-state index is -0.940. The molecule has 0 aromatic heterocycles. The van der Waals surface area contributed by atoms with Crippen LogP contribution in [-0.2, 0) is 4.79 Å². The molecule has 0 fully saturated rings. The van der Waals surface area contributed by atoms with Gasteiger partial charge in [0.1, 0.15) is 11.5 Å². The molecule has 0 radical (unpaired) electrons. The van der Waals surface area contributed by atoms with Crippen molar-refractivity contribution in [2.24, 2.45) is 5.41 Å². The molecule has 2 rings (SSSR count). The molecule has 4 heteroatoms. The average Bonchev–Trinajstić information content (AvgIpc) is 2.46. The van der Waals surface area contributed by atoms with Gasteiger partial charge in [-0.1, -0.05) is 34.1 Å². The third kappa shape index (κ3) is 2.55. The number of fused-ring (bicyclic) bond motifs is 1. The summed E-state index contributed by atoms with van der Waals surface area (Å²) >= 11 is 0. The summed E-state index contributed by atoms with van der Waals surface area (Å²) in [6.07, 6.45) is 2.00. The quantitative estimate of drug-likeness (QED) is 0.836. The van der Waals surface area contributed by atoms with E-state index >= 15 is 0 Å². The number of amides is 1. The van der Waals surface area contributed by atoms with Gasteiger partial charge < -0.3 is 15.2 Å². The Morgan fingerprint density at radius 1 is 1.36 bits per heavy atom. The van der Waals surface area contributed by atoms with Crippen molar-refractivity contribution in [3.8, 4) is 11.5 Å². The Morgan fingerprint density at radius 3 is 2.68 bits per heavy atom. The van der Waals surface area contributed by atoms with Crippen molar-refractivity contribution >= 4 is 5.91 Å². The fourth-order valence-corrected chi connectivity index (χ4v) is 3.01. The number of phenols is 1. The number of unbranched alkanes of at least 4 members (excludes halogenated alkanes) is 1. The summed E-state index contributed by atoms with van der Waals surface area (Å²) < 4.78 is 6.13. The number of rotatable bonds is 4. The van der Waals surface area contributed by atoms with Crippen LogP contribution in [0.4, 0.5) is 0 Å². The molecule has 0 saturated heterocycles. The smallest absolute Gasteiger partial charge is 0.264 e. The number of carbonyl (C=O) groups excluding carboxylic acids is 1. The summed E-state index contributed by atoms with van der Waals surface area (Å²) in [6, 6.07) is 5.07. The summed E-state index contributed by atoms with van der Waals surface area (Å²) in [5, 5.41) is 12.7. The van der Waals surface area contributed by atoms with Gasteiger partial charge in [-0.2, -0.15) is 0 Å². The Hall–Kier alpha value is -1.71. The van der Waals surface area contributed by atoms with Crippen LogP contribution in [0.15, 0.2) is 18.2 Å². The van der Waals surface area contributed by atoms with Crippen LogP contribution >= 0.6 is 0 Å². The molecule has 1 aromatic carbocycles. The number of ether oxygens (including phenoxy) is 1. The fourth-order valence-electron chi connectivity index (χ4n) is 3.01. The Balaban J connectivity index is 2.36. The van der Waals surface area contributed by atoms with Crippen molar-refractivity contribution in [1.82, 2.24) is 5.32 Å². The zero-order valence-corrected chi connectivity index (χ0v) is 14.2. The first-order valence-corrected chi connectivity index (χ1v) is 8.04. The van der Waals surface area contributed by atoms with Crippen molar-refractivity contribution < 1.29 is 14.6 Å².